The standard InChI is InChI=1S/C73H114O39S2/c1-78-28-39-46-53(83-6)60(90-13)67(99-39)107-47-40(29-79-2)102-70(63(93-16)54(47)84-7)111-51-44-33-97-113(74,75)37-24-20-35(21-25-37)36-22-26-38(27-23-36)114(76,77)98-34-45-52(59(89-12)65(95-18)72(104-45)109-49-42(31-81-4)100-68(106-46)61(91-14)56(49)86-9)112-71-64(94-17)55(85-8)48(41(103-71)30-80-3)108-69-62(92-15)57(87-10)50(43(101-69)32-82-5)110-73(105-44)66(96-19)58(51)88-11/h20-27,39-73H,28-34H2,1-19H3. The van der Waals surface area contributed by atoms with Gasteiger partial charge < -0.3 is 156 Å². The summed E-state index contributed by atoms with van der Waals surface area (Å²) in [6.45, 7) is -2.38. The second-order valence-electron chi connectivity index (χ2n) is 28.1. The molecular formula is C73H114O39S2. The molecule has 0 saturated carbocycles. The molecule has 0 aliphatic carbocycles. The molecule has 652 valence electrons. The number of fused-ring (bicyclic) bond motifs is 1. The smallest absolute Gasteiger partial charge is 0.297 e. The van der Waals surface area contributed by atoms with E-state index in [1.165, 1.54) is 184 Å². The largest absolute Gasteiger partial charge is 0.382 e. The van der Waals surface area contributed by atoms with Crippen LogP contribution in [0.2, 0.25) is 0 Å². The Morgan fingerprint density at radius 3 is 0.596 bits per heavy atom. The van der Waals surface area contributed by atoms with Crippen molar-refractivity contribution in [3.63, 3.8) is 0 Å². The van der Waals surface area contributed by atoms with Crippen molar-refractivity contribution in [2.24, 2.45) is 0 Å². The van der Waals surface area contributed by atoms with Gasteiger partial charge in [0, 0.05) is 135 Å². The summed E-state index contributed by atoms with van der Waals surface area (Å²) in [7, 11) is 17.7. The molecule has 29 aliphatic heterocycles. The Hall–Kier alpha value is -3.06. The Balaban J connectivity index is 1.10. The van der Waals surface area contributed by atoms with Crippen molar-refractivity contribution in [3.8, 4) is 11.1 Å². The minimum absolute atomic E-state index is 0.130. The molecular weight excluding hydrogens is 1560 g/mol. The lowest BCUT2D eigenvalue weighted by Crippen LogP contribution is -2.69. The van der Waals surface area contributed by atoms with E-state index in [0.29, 0.717) is 11.1 Å². The Morgan fingerprint density at radius 1 is 0.237 bits per heavy atom. The van der Waals surface area contributed by atoms with Crippen LogP contribution in [-0.2, 0) is 185 Å². The van der Waals surface area contributed by atoms with Crippen molar-refractivity contribution in [2.75, 3.05) is 181 Å². The van der Waals surface area contributed by atoms with E-state index in [2.05, 4.69) is 0 Å². The maximum atomic E-state index is 14.8. The van der Waals surface area contributed by atoms with E-state index in [-0.39, 0.29) is 42.8 Å². The van der Waals surface area contributed by atoms with E-state index < -0.39 is 248 Å². The molecule has 114 heavy (non-hydrogen) atoms. The molecule has 35 unspecified atom stereocenters. The van der Waals surface area contributed by atoms with Gasteiger partial charge >= 0.3 is 0 Å². The van der Waals surface area contributed by atoms with E-state index in [4.69, 9.17) is 165 Å². The molecule has 20 bridgehead atoms. The molecule has 2 aromatic carbocycles. The number of hydrogen-bond donors (Lipinski definition) is 0. The van der Waals surface area contributed by atoms with Crippen molar-refractivity contribution in [2.45, 2.75) is 225 Å². The average molecular weight is 1680 g/mol. The molecule has 29 aliphatic rings. The van der Waals surface area contributed by atoms with E-state index in [1.54, 1.807) is 0 Å². The zero-order valence-electron chi connectivity index (χ0n) is 67.5. The van der Waals surface area contributed by atoms with Crippen molar-refractivity contribution < 1.29 is 182 Å². The van der Waals surface area contributed by atoms with Crippen LogP contribution in [0.5, 0.6) is 0 Å². The van der Waals surface area contributed by atoms with Crippen LogP contribution in [-0.4, -0.2) is 413 Å². The molecule has 29 heterocycles. The first-order valence-electron chi connectivity index (χ1n) is 37.2. The lowest BCUT2D eigenvalue weighted by Gasteiger charge is -2.52. The van der Waals surface area contributed by atoms with Crippen LogP contribution in [0.25, 0.3) is 11.1 Å². The fraction of sp³-hybridized carbons (Fsp3) is 0.836. The molecule has 0 N–H and O–H groups in total. The van der Waals surface area contributed by atoms with E-state index >= 15 is 0 Å². The molecule has 0 spiro atoms. The molecule has 31 rings (SSSR count). The molecule has 16 saturated heterocycles. The quantitative estimate of drug-likeness (QED) is 0.125. The van der Waals surface area contributed by atoms with Crippen LogP contribution in [0.1, 0.15) is 0 Å². The van der Waals surface area contributed by atoms with Crippen molar-refractivity contribution in [3.05, 3.63) is 48.5 Å². The first-order chi connectivity index (χ1) is 55.2. The minimum Gasteiger partial charge on any atom is -0.382 e. The van der Waals surface area contributed by atoms with Gasteiger partial charge in [-0.2, -0.15) is 16.8 Å². The monoisotopic (exact) mass is 1680 g/mol. The van der Waals surface area contributed by atoms with E-state index in [0.717, 1.165) is 0 Å². The van der Waals surface area contributed by atoms with Crippen molar-refractivity contribution in [1.82, 2.24) is 0 Å². The molecule has 0 aromatic heterocycles. The zero-order valence-corrected chi connectivity index (χ0v) is 69.1. The summed E-state index contributed by atoms with van der Waals surface area (Å²) in [5, 5.41) is 0. The molecule has 16 fully saturated rings. The van der Waals surface area contributed by atoms with Crippen molar-refractivity contribution >= 4 is 20.2 Å². The summed E-state index contributed by atoms with van der Waals surface area (Å²) in [4.78, 5) is -0.561. The van der Waals surface area contributed by atoms with Crippen LogP contribution >= 0.6 is 0 Å². The first kappa shape index (κ1) is 91.7. The fourth-order valence-corrected chi connectivity index (χ4v) is 18.4. The second-order valence-corrected chi connectivity index (χ2v) is 31.3. The van der Waals surface area contributed by atoms with Crippen LogP contribution in [0.4, 0.5) is 0 Å². The summed E-state index contributed by atoms with van der Waals surface area (Å²) < 4.78 is 287. The van der Waals surface area contributed by atoms with Crippen LogP contribution in [0.3, 0.4) is 0 Å². The lowest BCUT2D eigenvalue weighted by molar-refractivity contribution is -0.402. The summed E-state index contributed by atoms with van der Waals surface area (Å²) in [6, 6.07) is 11.4. The second kappa shape index (κ2) is 42.2. The van der Waals surface area contributed by atoms with Gasteiger partial charge in [-0.05, 0) is 35.4 Å². The SMILES string of the molecule is COCC1OC2OC3C(COC)OC(OC4C5COS(=O)(=O)c6ccc(cc6)-c6ccc(cc6)S(=O)(=O)OCC6OC(OC7C(COC)OC(OC1C(OC)C2OC)C(OC)C7OC)C(OC)C(OC)C6OC1OC(COC)C(OC2OC(COC)C(OC(O5)C(OC)C4OC)C(OC)C2OC)C(OC)C1OC)C(OC)C3OC. The molecule has 0 amide bonds. The summed E-state index contributed by atoms with van der Waals surface area (Å²) in [6.07, 6.45) is -43.8. The summed E-state index contributed by atoms with van der Waals surface area (Å²) in [5.41, 5.74) is 0.959. The van der Waals surface area contributed by atoms with E-state index in [1.807, 2.05) is 0 Å². The molecule has 41 heteroatoms. The van der Waals surface area contributed by atoms with Gasteiger partial charge in [-0.1, -0.05) is 24.3 Å². The van der Waals surface area contributed by atoms with Gasteiger partial charge in [0.2, 0.25) is 0 Å². The van der Waals surface area contributed by atoms with Crippen LogP contribution < -0.4 is 0 Å². The number of hydrogen-bond acceptors (Lipinski definition) is 39. The van der Waals surface area contributed by atoms with Gasteiger partial charge in [0.25, 0.3) is 20.2 Å². The van der Waals surface area contributed by atoms with Gasteiger partial charge in [0.1, 0.15) is 171 Å². The lowest BCUT2D eigenvalue weighted by atomic mass is 9.94. The normalized spacial score (nSPS) is 42.9. The third kappa shape index (κ3) is 19.4. The highest BCUT2D eigenvalue weighted by Crippen LogP contribution is 2.44. The fourth-order valence-electron chi connectivity index (χ4n) is 16.6. The number of benzene rings is 2. The summed E-state index contributed by atoms with van der Waals surface area (Å²) >= 11 is 0. The highest BCUT2D eigenvalue weighted by molar-refractivity contribution is 7.87. The van der Waals surface area contributed by atoms with Gasteiger partial charge in [-0.25, -0.2) is 0 Å². The molecule has 0 radical (unpaired) electrons. The maximum absolute atomic E-state index is 14.8. The predicted octanol–water partition coefficient (Wildman–Crippen LogP) is 0.00410. The Bertz CT molecular complexity index is 3420. The zero-order chi connectivity index (χ0) is 81.9. The van der Waals surface area contributed by atoms with Gasteiger partial charge in [0.15, 0.2) is 44.0 Å². The highest BCUT2D eigenvalue weighted by Gasteiger charge is 2.63. The Morgan fingerprint density at radius 2 is 0.412 bits per heavy atom. The average Bonchev–Trinajstić information content (AvgIpc) is 0.771. The first-order valence-corrected chi connectivity index (χ1v) is 40.0. The highest BCUT2D eigenvalue weighted by atomic mass is 32.2. The van der Waals surface area contributed by atoms with Crippen LogP contribution in [0.15, 0.2) is 58.3 Å². The predicted molar refractivity (Wildman–Crippen MR) is 383 cm³/mol. The van der Waals surface area contributed by atoms with Gasteiger partial charge in [-0.15, -0.1) is 0 Å². The topological polar surface area (TPSA) is 391 Å². The minimum atomic E-state index is -4.73. The number of methoxy groups -OCH3 is 19. The van der Waals surface area contributed by atoms with Crippen LogP contribution in [0, 0.1) is 0 Å². The summed E-state index contributed by atoms with van der Waals surface area (Å²) in [5.74, 6) is 0. The molecule has 2 aromatic rings. The number of ether oxygens (including phenoxy) is 33. The Labute approximate surface area is 664 Å². The van der Waals surface area contributed by atoms with E-state index in [9.17, 15) is 16.8 Å². The van der Waals surface area contributed by atoms with Gasteiger partial charge in [-0.3, -0.25) is 8.37 Å². The third-order valence-electron chi connectivity index (χ3n) is 22.0. The number of rotatable bonds is 24. The molecule has 39 nitrogen and oxygen atoms in total. The van der Waals surface area contributed by atoms with Gasteiger partial charge in [0.05, 0.1) is 56.0 Å². The Kier molecular flexibility index (Phi) is 33.9. The molecule has 35 atom stereocenters. The third-order valence-corrected chi connectivity index (χ3v) is 24.6. The maximum Gasteiger partial charge on any atom is 0.297 e. The van der Waals surface area contributed by atoms with Crippen molar-refractivity contribution in [1.29, 1.82) is 0 Å².